The van der Waals surface area contributed by atoms with Crippen LogP contribution in [0.1, 0.15) is 10.4 Å². The zero-order chi connectivity index (χ0) is 20.3. The van der Waals surface area contributed by atoms with E-state index in [9.17, 15) is 9.90 Å². The molecule has 1 heterocycles. The Balaban J connectivity index is -0.000000521. The first-order valence-corrected chi connectivity index (χ1v) is 9.47. The van der Waals surface area contributed by atoms with E-state index in [1.807, 2.05) is 0 Å². The fourth-order valence-corrected chi connectivity index (χ4v) is 2.08. The summed E-state index contributed by atoms with van der Waals surface area (Å²) in [5.74, 6) is -1.18. The van der Waals surface area contributed by atoms with E-state index in [-0.39, 0.29) is 22.0 Å². The summed E-state index contributed by atoms with van der Waals surface area (Å²) in [6.45, 7) is 8.41. The van der Waals surface area contributed by atoms with Gasteiger partial charge in [-0.1, -0.05) is 12.1 Å². The molecular formula is C19H38N2O10. The largest absolute Gasteiger partial charge is 0.545 e. The quantitative estimate of drug-likeness (QED) is 0.395. The van der Waals surface area contributed by atoms with Gasteiger partial charge in [0, 0.05) is 5.69 Å². The molecule has 1 fully saturated rings. The highest BCUT2D eigenvalue weighted by Crippen LogP contribution is 2.03. The van der Waals surface area contributed by atoms with Crippen molar-refractivity contribution in [1.82, 2.24) is 0 Å². The lowest BCUT2D eigenvalue weighted by Crippen LogP contribution is -2.86. The zero-order valence-electron chi connectivity index (χ0n) is 17.8. The van der Waals surface area contributed by atoms with Gasteiger partial charge in [-0.25, -0.2) is 0 Å². The number of nitrogens with two attached hydrogens (primary N) is 2. The molecule has 1 saturated heterocycles. The molecule has 12 nitrogen and oxygen atoms in total. The van der Waals surface area contributed by atoms with Crippen LogP contribution >= 0.6 is 0 Å². The first kappa shape index (κ1) is 33.8. The van der Waals surface area contributed by atoms with E-state index >= 15 is 0 Å². The van der Waals surface area contributed by atoms with E-state index in [4.69, 9.17) is 29.4 Å². The fourth-order valence-electron chi connectivity index (χ4n) is 2.08. The maximum atomic E-state index is 10.2. The fraction of sp³-hybridized carbons (Fsp3) is 0.632. The minimum Gasteiger partial charge on any atom is -0.545 e. The van der Waals surface area contributed by atoms with E-state index in [1.54, 1.807) is 0 Å². The molecule has 0 unspecified atom stereocenters. The number of anilines is 1. The predicted molar refractivity (Wildman–Crippen MR) is 112 cm³/mol. The van der Waals surface area contributed by atoms with Gasteiger partial charge in [0.15, 0.2) is 0 Å². The van der Waals surface area contributed by atoms with E-state index in [0.717, 1.165) is 26.3 Å². The van der Waals surface area contributed by atoms with Gasteiger partial charge >= 0.3 is 0 Å². The highest BCUT2D eigenvalue weighted by molar-refractivity contribution is 5.86. The van der Waals surface area contributed by atoms with Gasteiger partial charge in [0.05, 0.1) is 85.1 Å². The number of aromatic carboxylic acids is 1. The maximum Gasteiger partial charge on any atom is 0.0993 e. The lowest BCUT2D eigenvalue weighted by atomic mass is 10.2. The van der Waals surface area contributed by atoms with Crippen LogP contribution in [0.3, 0.4) is 0 Å². The third kappa shape index (κ3) is 21.2. The summed E-state index contributed by atoms with van der Waals surface area (Å²) in [6, 6.07) is 5.85. The van der Waals surface area contributed by atoms with Crippen molar-refractivity contribution in [2.24, 2.45) is 0 Å². The molecule has 0 bridgehead atoms. The molecule has 2 rings (SSSR count). The number of hydrogen-bond donors (Lipinski definition) is 2. The van der Waals surface area contributed by atoms with Gasteiger partial charge in [0.1, 0.15) is 0 Å². The average molecular weight is 455 g/mol. The van der Waals surface area contributed by atoms with Crippen LogP contribution in [0, 0.1) is 0 Å². The van der Waals surface area contributed by atoms with Gasteiger partial charge in [-0.05, 0) is 17.7 Å². The summed E-state index contributed by atoms with van der Waals surface area (Å²) in [4.78, 5) is 10.2. The lowest BCUT2D eigenvalue weighted by molar-refractivity contribution is -0.657. The predicted octanol–water partition coefficient (Wildman–Crippen LogP) is -4.20. The van der Waals surface area contributed by atoms with Gasteiger partial charge in [0.25, 0.3) is 0 Å². The molecule has 10 N–H and O–H groups in total. The number of carbonyl (C=O) groups is 1. The Bertz CT molecular complexity index is 430. The monoisotopic (exact) mass is 454 g/mol. The molecule has 0 atom stereocenters. The maximum absolute atomic E-state index is 10.2. The third-order valence-corrected chi connectivity index (χ3v) is 3.57. The topological polar surface area (TPSA) is 223 Å². The smallest absolute Gasteiger partial charge is 0.0993 e. The molecule has 1 aliphatic rings. The number of carbonyl (C=O) groups excluding carboxylic acids is 1. The number of ether oxygens (including phenoxy) is 5. The van der Waals surface area contributed by atoms with Crippen LogP contribution in [0.25, 0.3) is 0 Å². The summed E-state index contributed by atoms with van der Waals surface area (Å²) < 4.78 is 26.9. The molecule has 0 spiro atoms. The number of benzene rings is 1. The first-order chi connectivity index (χ1) is 13.7. The van der Waals surface area contributed by atoms with Gasteiger partial charge < -0.3 is 61.1 Å². The van der Waals surface area contributed by atoms with Gasteiger partial charge in [0.2, 0.25) is 0 Å². The molecule has 0 aromatic heterocycles. The molecule has 0 amide bonds. The van der Waals surface area contributed by atoms with Gasteiger partial charge in [-0.15, -0.1) is 0 Å². The molecule has 31 heavy (non-hydrogen) atoms. The minimum atomic E-state index is -1.18. The normalized spacial score (nSPS) is 16.9. The summed E-state index contributed by atoms with van der Waals surface area (Å²) in [5.41, 5.74) is 6.01. The number of nitrogen functional groups attached to an aromatic ring is 1. The van der Waals surface area contributed by atoms with Gasteiger partial charge in [-0.3, -0.25) is 0 Å². The highest BCUT2D eigenvalue weighted by atomic mass is 16.6. The van der Waals surface area contributed by atoms with Crippen molar-refractivity contribution < 1.29 is 55.3 Å². The second kappa shape index (κ2) is 24.4. The SMILES string of the molecule is C1COCCOCCOCCOCCOCC[NH2+]1.Nc1ccc(C(=O)[O-])cc1.O.O.O. The number of rotatable bonds is 1. The Morgan fingerprint density at radius 1 is 0.677 bits per heavy atom. The zero-order valence-corrected chi connectivity index (χ0v) is 17.8. The Kier molecular flexibility index (Phi) is 26.6. The van der Waals surface area contributed by atoms with Gasteiger partial charge in [-0.2, -0.15) is 0 Å². The lowest BCUT2D eigenvalue weighted by Gasteiger charge is -2.09. The van der Waals surface area contributed by atoms with Crippen LogP contribution in [0.5, 0.6) is 0 Å². The van der Waals surface area contributed by atoms with Crippen molar-refractivity contribution in [2.75, 3.05) is 84.9 Å². The van der Waals surface area contributed by atoms with E-state index < -0.39 is 5.97 Å². The summed E-state index contributed by atoms with van der Waals surface area (Å²) >= 11 is 0. The molecule has 0 aliphatic carbocycles. The number of hydrogen-bond acceptors (Lipinski definition) is 8. The van der Waals surface area contributed by atoms with Crippen LogP contribution < -0.4 is 16.2 Å². The highest BCUT2D eigenvalue weighted by Gasteiger charge is 1.96. The molecule has 1 aliphatic heterocycles. The molecule has 0 radical (unpaired) electrons. The Morgan fingerprint density at radius 3 is 1.32 bits per heavy atom. The van der Waals surface area contributed by atoms with Crippen LogP contribution in [-0.2, 0) is 23.7 Å². The second-order valence-electron chi connectivity index (χ2n) is 5.84. The molecule has 12 heteroatoms. The third-order valence-electron chi connectivity index (χ3n) is 3.57. The van der Waals surface area contributed by atoms with Crippen LogP contribution in [0.2, 0.25) is 0 Å². The number of carboxylic acids is 1. The average Bonchev–Trinajstić information content (AvgIpc) is 2.69. The Hall–Kier alpha value is -1.87. The molecule has 1 aromatic carbocycles. The first-order valence-electron chi connectivity index (χ1n) is 9.47. The number of carboxylic acid groups (broad SMARTS) is 1. The Labute approximate surface area is 182 Å². The van der Waals surface area contributed by atoms with Crippen molar-refractivity contribution >= 4 is 11.7 Å². The van der Waals surface area contributed by atoms with Crippen molar-refractivity contribution in [3.05, 3.63) is 29.8 Å². The summed E-state index contributed by atoms with van der Waals surface area (Å²) in [7, 11) is 0. The Morgan fingerprint density at radius 2 is 1.00 bits per heavy atom. The van der Waals surface area contributed by atoms with E-state index in [1.165, 1.54) is 24.3 Å². The van der Waals surface area contributed by atoms with E-state index in [0.29, 0.717) is 58.5 Å². The molecule has 184 valence electrons. The van der Waals surface area contributed by atoms with Crippen LogP contribution in [0.4, 0.5) is 5.69 Å². The molecule has 1 aromatic rings. The number of quaternary nitrogens is 1. The van der Waals surface area contributed by atoms with E-state index in [2.05, 4.69) is 5.32 Å². The van der Waals surface area contributed by atoms with Crippen molar-refractivity contribution in [3.8, 4) is 0 Å². The van der Waals surface area contributed by atoms with Crippen LogP contribution in [-0.4, -0.2) is 102 Å². The summed E-state index contributed by atoms with van der Waals surface area (Å²) in [6.07, 6.45) is 0. The van der Waals surface area contributed by atoms with Crippen molar-refractivity contribution in [3.63, 3.8) is 0 Å². The standard InChI is InChI=1S/C12H25NO5.C7H7NO2.3H2O/c1-3-14-5-7-16-9-11-18-12-10-17-8-6-15-4-2-13-1;8-6-3-1-5(2-4-6)7(9)10;;;/h13H,1-12H2;1-4H,8H2,(H,9,10);3*1H2. The summed E-state index contributed by atoms with van der Waals surface area (Å²) in [5, 5.41) is 12.4. The molecular weight excluding hydrogens is 416 g/mol. The molecule has 0 saturated carbocycles. The minimum absolute atomic E-state index is 0. The van der Waals surface area contributed by atoms with Crippen LogP contribution in [0.15, 0.2) is 24.3 Å². The second-order valence-corrected chi connectivity index (χ2v) is 5.84. The van der Waals surface area contributed by atoms with Crippen molar-refractivity contribution in [2.45, 2.75) is 0 Å². The van der Waals surface area contributed by atoms with Crippen molar-refractivity contribution in [1.29, 1.82) is 0 Å².